The van der Waals surface area contributed by atoms with Crippen LogP contribution >= 0.6 is 9.12 Å². The molecule has 12 nitrogen and oxygen atoms in total. The first-order valence-corrected chi connectivity index (χ1v) is 15.1. The van der Waals surface area contributed by atoms with Crippen LogP contribution in [0, 0.1) is 0 Å². The van der Waals surface area contributed by atoms with Crippen molar-refractivity contribution < 1.29 is 52.3 Å². The monoisotopic (exact) mass is 714 g/mol. The van der Waals surface area contributed by atoms with Crippen LogP contribution < -0.4 is 9.64 Å². The van der Waals surface area contributed by atoms with Crippen molar-refractivity contribution in [3.63, 3.8) is 0 Å². The van der Waals surface area contributed by atoms with Crippen LogP contribution in [0.5, 0.6) is 5.75 Å². The third-order valence-electron chi connectivity index (χ3n) is 5.79. The summed E-state index contributed by atoms with van der Waals surface area (Å²) >= 11 is 0. The van der Waals surface area contributed by atoms with Crippen molar-refractivity contribution in [2.45, 2.75) is 7.43 Å². The zero-order valence-electron chi connectivity index (χ0n) is 29.9. The summed E-state index contributed by atoms with van der Waals surface area (Å²) in [7, 11) is 19.6. The van der Waals surface area contributed by atoms with E-state index in [0.717, 1.165) is 5.69 Å². The van der Waals surface area contributed by atoms with Crippen LogP contribution in [-0.2, 0) is 38.0 Å². The molecular formula is C35H50B2NO11P. The van der Waals surface area contributed by atoms with Crippen molar-refractivity contribution in [1.29, 1.82) is 1.34 Å². The SMILES string of the molecule is C.COC(=O)COc1ccc(C(=O)c2ccccc2)cc1.COC(=O)c1ccc(N(C)C)cc1.COCCOCCOCC(=O)OC.[2H][B].[B]P. The van der Waals surface area contributed by atoms with Crippen LogP contribution in [-0.4, -0.2) is 123 Å². The Morgan fingerprint density at radius 1 is 0.660 bits per heavy atom. The summed E-state index contributed by atoms with van der Waals surface area (Å²) in [6.07, 6.45) is 0. The van der Waals surface area contributed by atoms with Gasteiger partial charge in [-0.05, 0) is 49.9 Å². The summed E-state index contributed by atoms with van der Waals surface area (Å²) in [5.41, 5.74) is 2.85. The van der Waals surface area contributed by atoms with Gasteiger partial charge < -0.3 is 38.1 Å². The smallest absolute Gasteiger partial charge is 0.343 e. The fourth-order valence-electron chi connectivity index (χ4n) is 3.25. The van der Waals surface area contributed by atoms with Gasteiger partial charge >= 0.3 is 17.9 Å². The molecule has 1 unspecified atom stereocenters. The molecule has 0 heterocycles. The van der Waals surface area contributed by atoms with E-state index in [1.165, 1.54) is 21.3 Å². The van der Waals surface area contributed by atoms with Gasteiger partial charge in [0.15, 0.2) is 12.4 Å². The number of ketones is 1. The Balaban J connectivity index is -0.000000661. The van der Waals surface area contributed by atoms with Gasteiger partial charge in [-0.15, -0.1) is 0 Å². The quantitative estimate of drug-likeness (QED) is 0.0566. The molecule has 0 N–H and O–H groups in total. The highest BCUT2D eigenvalue weighted by molar-refractivity contribution is 7.49. The molecule has 3 rings (SSSR count). The lowest BCUT2D eigenvalue weighted by Crippen LogP contribution is -2.14. The number of carbonyl (C=O) groups excluding carboxylic acids is 4. The molecular weight excluding hydrogens is 663 g/mol. The van der Waals surface area contributed by atoms with Crippen molar-refractivity contribution in [3.05, 3.63) is 95.6 Å². The fraction of sp³-hybridized carbons (Fsp3) is 0.371. The normalized spacial score (nSPS) is 9.22. The first-order valence-electron chi connectivity index (χ1n) is 15.0. The molecule has 0 fully saturated rings. The number of benzene rings is 3. The largest absolute Gasteiger partial charge is 0.482 e. The van der Waals surface area contributed by atoms with E-state index >= 15 is 0 Å². The highest BCUT2D eigenvalue weighted by Crippen LogP contribution is 2.16. The molecule has 50 heavy (non-hydrogen) atoms. The number of methoxy groups -OCH3 is 4. The van der Waals surface area contributed by atoms with Crippen LogP contribution in [0.2, 0.25) is 0 Å². The molecule has 0 saturated heterocycles. The van der Waals surface area contributed by atoms with E-state index in [-0.39, 0.29) is 38.4 Å². The molecule has 0 aliphatic rings. The molecule has 0 saturated carbocycles. The lowest BCUT2D eigenvalue weighted by Gasteiger charge is -2.11. The molecule has 0 bridgehead atoms. The highest BCUT2D eigenvalue weighted by atomic mass is 31.0. The van der Waals surface area contributed by atoms with Crippen LogP contribution in [0.1, 0.15) is 33.7 Å². The maximum Gasteiger partial charge on any atom is 0.343 e. The van der Waals surface area contributed by atoms with E-state index in [1.54, 1.807) is 55.6 Å². The first kappa shape index (κ1) is 47.9. The number of hydrogen-bond acceptors (Lipinski definition) is 12. The maximum atomic E-state index is 12.2. The van der Waals surface area contributed by atoms with Gasteiger partial charge in [0.25, 0.3) is 0 Å². The van der Waals surface area contributed by atoms with Crippen molar-refractivity contribution in [2.24, 2.45) is 0 Å². The van der Waals surface area contributed by atoms with Gasteiger partial charge in [-0.25, -0.2) is 14.4 Å². The number of ether oxygens (including phenoxy) is 7. The lowest BCUT2D eigenvalue weighted by atomic mass is 10.0. The second-order valence-electron chi connectivity index (χ2n) is 9.25. The number of hydrogen-bond donors (Lipinski definition) is 0. The topological polar surface area (TPSA) is 136 Å². The van der Waals surface area contributed by atoms with Crippen LogP contribution in [0.3, 0.4) is 0 Å². The Hall–Kier alpha value is -4.22. The van der Waals surface area contributed by atoms with Gasteiger partial charge in [0.2, 0.25) is 0 Å². The third kappa shape index (κ3) is 22.4. The summed E-state index contributed by atoms with van der Waals surface area (Å²) in [6.45, 7) is 1.78. The first-order chi connectivity index (χ1) is 24.2. The summed E-state index contributed by atoms with van der Waals surface area (Å²) in [4.78, 5) is 46.7. The standard InChI is InChI=1S/C16H14O4.C10H13NO2.C8H16O5.CH4.BH2P.BH/c1-19-15(17)11-20-14-9-7-13(8-10-14)16(18)12-5-3-2-4-6-12;1-11(2)9-6-4-8(5-7-9)10(12)13-3;1-10-3-4-12-5-6-13-7-8(9)11-2;;1-2;/h2-10H,11H2,1H3;4-7H,1-3H3;3-7H2,1-2H3;1H4;2H2;1H/i;;;;;1D. The number of rotatable bonds is 15. The minimum atomic E-state index is -0.450. The van der Waals surface area contributed by atoms with Crippen LogP contribution in [0.15, 0.2) is 78.9 Å². The second-order valence-corrected chi connectivity index (χ2v) is 9.25. The zero-order valence-corrected chi connectivity index (χ0v) is 30.1. The molecule has 3 aromatic carbocycles. The minimum Gasteiger partial charge on any atom is -0.482 e. The summed E-state index contributed by atoms with van der Waals surface area (Å²) in [5.74, 6) is -0.665. The second kappa shape index (κ2) is 32.0. The van der Waals surface area contributed by atoms with Crippen molar-refractivity contribution >= 4 is 54.4 Å². The van der Waals surface area contributed by atoms with Crippen LogP contribution in [0.4, 0.5) is 5.69 Å². The Morgan fingerprint density at radius 3 is 1.64 bits per heavy atom. The molecule has 272 valence electrons. The third-order valence-corrected chi connectivity index (χ3v) is 5.79. The summed E-state index contributed by atoms with van der Waals surface area (Å²) < 4.78 is 38.7. The van der Waals surface area contributed by atoms with E-state index < -0.39 is 5.97 Å². The van der Waals surface area contributed by atoms with Crippen LogP contribution in [0.25, 0.3) is 0 Å². The average molecular weight is 714 g/mol. The molecule has 3 aromatic rings. The van der Waals surface area contributed by atoms with Gasteiger partial charge in [0, 0.05) is 46.4 Å². The van der Waals surface area contributed by atoms with E-state index in [1.807, 2.05) is 58.4 Å². The zero-order chi connectivity index (χ0) is 38.2. The van der Waals surface area contributed by atoms with Gasteiger partial charge in [-0.1, -0.05) is 37.8 Å². The van der Waals surface area contributed by atoms with Gasteiger partial charge in [0.1, 0.15) is 12.4 Å². The lowest BCUT2D eigenvalue weighted by molar-refractivity contribution is -0.146. The molecule has 4 radical (unpaired) electrons. The molecule has 0 amide bonds. The Morgan fingerprint density at radius 2 is 1.14 bits per heavy atom. The summed E-state index contributed by atoms with van der Waals surface area (Å²) in [6, 6.07) is 22.9. The Kier molecular flexibility index (Phi) is 30.7. The Bertz CT molecular complexity index is 1320. The van der Waals surface area contributed by atoms with Crippen molar-refractivity contribution in [2.75, 3.05) is 87.1 Å². The van der Waals surface area contributed by atoms with E-state index in [2.05, 4.69) is 30.2 Å². The number of anilines is 1. The predicted molar refractivity (Wildman–Crippen MR) is 201 cm³/mol. The highest BCUT2D eigenvalue weighted by Gasteiger charge is 2.09. The Labute approximate surface area is 303 Å². The number of nitrogens with zero attached hydrogens (tertiary/aromatic N) is 1. The minimum absolute atomic E-state index is 0. The number of esters is 3. The van der Waals surface area contributed by atoms with E-state index in [0.29, 0.717) is 48.9 Å². The average Bonchev–Trinajstić information content (AvgIpc) is 3.18. The van der Waals surface area contributed by atoms with Gasteiger partial charge in [-0.3, -0.25) is 4.79 Å². The molecule has 0 aromatic heterocycles. The van der Waals surface area contributed by atoms with E-state index in [9.17, 15) is 19.2 Å². The fourth-order valence-corrected chi connectivity index (χ4v) is 3.25. The van der Waals surface area contributed by atoms with Gasteiger partial charge in [0.05, 0.1) is 60.9 Å². The van der Waals surface area contributed by atoms with Crippen molar-refractivity contribution in [3.8, 4) is 5.75 Å². The van der Waals surface area contributed by atoms with Crippen molar-refractivity contribution in [1.82, 2.24) is 0 Å². The molecule has 0 aliphatic carbocycles. The molecule has 15 heteroatoms. The van der Waals surface area contributed by atoms with Gasteiger partial charge in [-0.2, -0.15) is 9.12 Å². The molecule has 0 aliphatic heterocycles. The molecule has 1 atom stereocenters. The number of carbonyl (C=O) groups is 4. The predicted octanol–water partition coefficient (Wildman–Crippen LogP) is 3.78. The maximum absolute atomic E-state index is 12.2. The molecule has 0 spiro atoms. The summed E-state index contributed by atoms with van der Waals surface area (Å²) in [5, 5.41) is 0. The van der Waals surface area contributed by atoms with E-state index in [4.69, 9.17) is 20.3 Å².